The highest BCUT2D eigenvalue weighted by Crippen LogP contribution is 2.33. The minimum absolute atomic E-state index is 0.0111. The van der Waals surface area contributed by atoms with Crippen molar-refractivity contribution >= 4 is 51.3 Å². The van der Waals surface area contributed by atoms with Crippen molar-refractivity contribution in [2.75, 3.05) is 5.32 Å². The second kappa shape index (κ2) is 6.32. The molecule has 0 atom stereocenters. The normalized spacial score (nSPS) is 10.4. The van der Waals surface area contributed by atoms with E-state index in [1.807, 2.05) is 0 Å². The van der Waals surface area contributed by atoms with Crippen LogP contribution in [0.1, 0.15) is 5.56 Å². The molecule has 0 fully saturated rings. The van der Waals surface area contributed by atoms with Crippen LogP contribution in [0, 0.1) is 22.5 Å². The van der Waals surface area contributed by atoms with E-state index in [-0.39, 0.29) is 16.0 Å². The van der Waals surface area contributed by atoms with E-state index in [1.54, 1.807) is 24.3 Å². The van der Waals surface area contributed by atoms with Crippen LogP contribution in [0.5, 0.6) is 0 Å². The highest BCUT2D eigenvalue weighted by atomic mass is 35.5. The maximum atomic E-state index is 11.1. The summed E-state index contributed by atoms with van der Waals surface area (Å²) in [7, 11) is 0. The monoisotopic (exact) mass is 358 g/mol. The van der Waals surface area contributed by atoms with Crippen molar-refractivity contribution in [3.05, 3.63) is 62.4 Å². The summed E-state index contributed by atoms with van der Waals surface area (Å²) >= 11 is 11.8. The number of benzene rings is 2. The van der Waals surface area contributed by atoms with Crippen molar-refractivity contribution < 1.29 is 4.92 Å². The van der Waals surface area contributed by atoms with Crippen molar-refractivity contribution in [2.45, 2.75) is 0 Å². The Hall–Kier alpha value is -2.88. The number of fused-ring (bicyclic) bond motifs is 1. The molecule has 8 heteroatoms. The van der Waals surface area contributed by atoms with E-state index < -0.39 is 4.92 Å². The largest absolute Gasteiger partial charge is 0.340 e. The smallest absolute Gasteiger partial charge is 0.288 e. The van der Waals surface area contributed by atoms with Gasteiger partial charge in [0.2, 0.25) is 5.28 Å². The fraction of sp³-hybridized carbons (Fsp3) is 0. The summed E-state index contributed by atoms with van der Waals surface area (Å²) in [4.78, 5) is 18.7. The molecule has 0 aliphatic carbocycles. The Balaban J connectivity index is 2.17. The Morgan fingerprint density at radius 1 is 1.21 bits per heavy atom. The summed E-state index contributed by atoms with van der Waals surface area (Å²) in [6.07, 6.45) is 5.38. The standard InChI is InChI=1S/C16H8Cl2N4O2/c1-2-9-4-3-5-10(6-9)19-15-11-7-14(22(23)24)12(17)8-13(11)20-16(18)21-15/h1,3-8H,(H,19,20,21). The fourth-order valence-corrected chi connectivity index (χ4v) is 2.57. The van der Waals surface area contributed by atoms with Gasteiger partial charge in [0.05, 0.1) is 15.8 Å². The van der Waals surface area contributed by atoms with E-state index in [9.17, 15) is 10.1 Å². The van der Waals surface area contributed by atoms with Crippen LogP contribution in [-0.2, 0) is 0 Å². The van der Waals surface area contributed by atoms with Crippen LogP contribution in [0.15, 0.2) is 36.4 Å². The number of nitrogens with zero attached hydrogens (tertiary/aromatic N) is 3. The summed E-state index contributed by atoms with van der Waals surface area (Å²) in [5.41, 5.74) is 1.49. The van der Waals surface area contributed by atoms with Crippen molar-refractivity contribution in [1.29, 1.82) is 0 Å². The number of anilines is 2. The van der Waals surface area contributed by atoms with Crippen LogP contribution < -0.4 is 5.32 Å². The lowest BCUT2D eigenvalue weighted by molar-refractivity contribution is -0.384. The number of halogens is 2. The van der Waals surface area contributed by atoms with Gasteiger partial charge in [0.15, 0.2) is 0 Å². The lowest BCUT2D eigenvalue weighted by atomic mass is 10.2. The van der Waals surface area contributed by atoms with Gasteiger partial charge in [-0.05, 0) is 35.9 Å². The number of nitro groups is 1. The molecule has 0 saturated heterocycles. The molecule has 2 aromatic carbocycles. The van der Waals surface area contributed by atoms with Gasteiger partial charge >= 0.3 is 0 Å². The molecular weight excluding hydrogens is 351 g/mol. The van der Waals surface area contributed by atoms with E-state index in [2.05, 4.69) is 21.2 Å². The first-order valence-corrected chi connectivity index (χ1v) is 7.38. The van der Waals surface area contributed by atoms with Crippen LogP contribution in [0.25, 0.3) is 10.9 Å². The zero-order valence-corrected chi connectivity index (χ0v) is 13.5. The molecule has 0 bridgehead atoms. The van der Waals surface area contributed by atoms with Gasteiger partial charge in [-0.25, -0.2) is 4.98 Å². The van der Waals surface area contributed by atoms with E-state index in [4.69, 9.17) is 29.6 Å². The van der Waals surface area contributed by atoms with Crippen LogP contribution >= 0.6 is 23.2 Å². The predicted octanol–water partition coefficient (Wildman–Crippen LogP) is 4.57. The topological polar surface area (TPSA) is 81.0 Å². The molecule has 1 heterocycles. The number of rotatable bonds is 3. The Labute approximate surface area is 146 Å². The third-order valence-electron chi connectivity index (χ3n) is 3.23. The molecule has 0 aliphatic rings. The minimum Gasteiger partial charge on any atom is -0.340 e. The molecule has 0 spiro atoms. The molecular formula is C16H8Cl2N4O2. The molecule has 0 saturated carbocycles. The molecule has 1 N–H and O–H groups in total. The maximum Gasteiger partial charge on any atom is 0.288 e. The summed E-state index contributed by atoms with van der Waals surface area (Å²) in [6, 6.07) is 9.77. The lowest BCUT2D eigenvalue weighted by Crippen LogP contribution is -1.99. The van der Waals surface area contributed by atoms with E-state index >= 15 is 0 Å². The zero-order valence-electron chi connectivity index (χ0n) is 12.0. The Kier molecular flexibility index (Phi) is 4.21. The Bertz CT molecular complexity index is 1010. The van der Waals surface area contributed by atoms with Crippen LogP contribution in [-0.4, -0.2) is 14.9 Å². The molecule has 0 amide bonds. The second-order valence-electron chi connectivity index (χ2n) is 4.77. The van der Waals surface area contributed by atoms with Gasteiger partial charge in [0.25, 0.3) is 5.69 Å². The number of hydrogen-bond donors (Lipinski definition) is 1. The fourth-order valence-electron chi connectivity index (χ4n) is 2.17. The molecule has 0 unspecified atom stereocenters. The average molecular weight is 359 g/mol. The third kappa shape index (κ3) is 3.08. The molecule has 3 rings (SSSR count). The van der Waals surface area contributed by atoms with Crippen LogP contribution in [0.2, 0.25) is 10.3 Å². The van der Waals surface area contributed by atoms with E-state index in [1.165, 1.54) is 12.1 Å². The van der Waals surface area contributed by atoms with E-state index in [0.717, 1.165) is 0 Å². The number of nitrogens with one attached hydrogen (secondary N) is 1. The third-order valence-corrected chi connectivity index (χ3v) is 3.70. The van der Waals surface area contributed by atoms with Crippen molar-refractivity contribution in [2.24, 2.45) is 0 Å². The predicted molar refractivity (Wildman–Crippen MR) is 93.9 cm³/mol. The van der Waals surface area contributed by atoms with Gasteiger partial charge in [-0.3, -0.25) is 10.1 Å². The summed E-state index contributed by atoms with van der Waals surface area (Å²) in [6.45, 7) is 0. The van der Waals surface area contributed by atoms with Crippen molar-refractivity contribution in [1.82, 2.24) is 9.97 Å². The number of aromatic nitrogens is 2. The minimum atomic E-state index is -0.570. The zero-order chi connectivity index (χ0) is 17.3. The van der Waals surface area contributed by atoms with Gasteiger partial charge in [0, 0.05) is 17.3 Å². The Morgan fingerprint density at radius 3 is 2.71 bits per heavy atom. The van der Waals surface area contributed by atoms with Gasteiger partial charge in [-0.15, -0.1) is 6.42 Å². The summed E-state index contributed by atoms with van der Waals surface area (Å²) in [5, 5.41) is 14.5. The number of nitro benzene ring substituents is 1. The molecule has 118 valence electrons. The van der Waals surface area contributed by atoms with Crippen molar-refractivity contribution in [3.63, 3.8) is 0 Å². The van der Waals surface area contributed by atoms with Gasteiger partial charge < -0.3 is 5.32 Å². The first-order valence-electron chi connectivity index (χ1n) is 6.63. The Morgan fingerprint density at radius 2 is 2.00 bits per heavy atom. The van der Waals surface area contributed by atoms with Crippen LogP contribution in [0.3, 0.4) is 0 Å². The summed E-state index contributed by atoms with van der Waals surface area (Å²) < 4.78 is 0. The molecule has 24 heavy (non-hydrogen) atoms. The highest BCUT2D eigenvalue weighted by molar-refractivity contribution is 6.33. The van der Waals surface area contributed by atoms with Crippen LogP contribution in [0.4, 0.5) is 17.2 Å². The second-order valence-corrected chi connectivity index (χ2v) is 5.51. The quantitative estimate of drug-likeness (QED) is 0.321. The number of hydrogen-bond acceptors (Lipinski definition) is 5. The molecule has 6 nitrogen and oxygen atoms in total. The molecule has 0 aliphatic heterocycles. The first kappa shape index (κ1) is 16.0. The van der Waals surface area contributed by atoms with E-state index in [0.29, 0.717) is 28.0 Å². The highest BCUT2D eigenvalue weighted by Gasteiger charge is 2.17. The van der Waals surface area contributed by atoms with Gasteiger partial charge in [-0.1, -0.05) is 23.6 Å². The molecule has 1 aromatic heterocycles. The maximum absolute atomic E-state index is 11.1. The van der Waals surface area contributed by atoms with Gasteiger partial charge in [-0.2, -0.15) is 4.98 Å². The van der Waals surface area contributed by atoms with Crippen molar-refractivity contribution in [3.8, 4) is 12.3 Å². The SMILES string of the molecule is C#Cc1cccc(Nc2nc(Cl)nc3cc(Cl)c([N+](=O)[O-])cc23)c1. The first-order chi connectivity index (χ1) is 11.5. The van der Waals surface area contributed by atoms with Gasteiger partial charge in [0.1, 0.15) is 10.8 Å². The molecule has 0 radical (unpaired) electrons. The average Bonchev–Trinajstić information content (AvgIpc) is 2.54. The number of terminal acetylenes is 1. The lowest BCUT2D eigenvalue weighted by Gasteiger charge is -2.10. The summed E-state index contributed by atoms with van der Waals surface area (Å²) in [5.74, 6) is 2.85. The molecule has 3 aromatic rings.